The monoisotopic (exact) mass is 296 g/mol. The molecule has 0 bridgehead atoms. The lowest BCUT2D eigenvalue weighted by Gasteiger charge is -2.22. The van der Waals surface area contributed by atoms with Crippen molar-refractivity contribution in [3.63, 3.8) is 0 Å². The summed E-state index contributed by atoms with van der Waals surface area (Å²) < 4.78 is 71.6. The van der Waals surface area contributed by atoms with E-state index in [-0.39, 0.29) is 0 Å². The molecule has 0 radical (unpaired) electrons. The zero-order valence-corrected chi connectivity index (χ0v) is 9.34. The molecule has 0 aliphatic carbocycles. The summed E-state index contributed by atoms with van der Waals surface area (Å²) in [6, 6.07) is 1.62. The van der Waals surface area contributed by atoms with Crippen molar-refractivity contribution < 1.29 is 26.3 Å². The second-order valence-corrected chi connectivity index (χ2v) is 4.38. The largest absolute Gasteiger partial charge is 0.416 e. The van der Waals surface area contributed by atoms with Gasteiger partial charge in [0, 0.05) is 5.56 Å². The van der Waals surface area contributed by atoms with Gasteiger partial charge in [-0.25, -0.2) is 4.39 Å². The summed E-state index contributed by atoms with van der Waals surface area (Å²) in [5.74, 6) is -4.31. The number of halogens is 8. The number of alkyl halides is 8. The standard InChI is InChI=1S/C9H4Cl2F6/c10-9(11,17)7(12,13)5-1-3-6(4-2-5)8(14,15)16/h1-4H. The van der Waals surface area contributed by atoms with Crippen LogP contribution in [0.15, 0.2) is 24.3 Å². The molecule has 0 aliphatic heterocycles. The van der Waals surface area contributed by atoms with Crippen molar-refractivity contribution in [2.45, 2.75) is 16.7 Å². The number of hydrogen-bond donors (Lipinski definition) is 0. The fourth-order valence-corrected chi connectivity index (χ4v) is 1.25. The molecule has 1 aromatic carbocycles. The van der Waals surface area contributed by atoms with Crippen LogP contribution in [0.5, 0.6) is 0 Å². The summed E-state index contributed by atoms with van der Waals surface area (Å²) in [5.41, 5.74) is -2.18. The van der Waals surface area contributed by atoms with E-state index in [1.165, 1.54) is 0 Å². The van der Waals surface area contributed by atoms with E-state index in [2.05, 4.69) is 23.2 Å². The number of hydrogen-bond acceptors (Lipinski definition) is 0. The molecule has 0 unspecified atom stereocenters. The van der Waals surface area contributed by atoms with Crippen LogP contribution in [-0.4, -0.2) is 4.59 Å². The molecule has 8 heteroatoms. The third-order valence-corrected chi connectivity index (χ3v) is 2.41. The van der Waals surface area contributed by atoms with Crippen LogP contribution in [0.2, 0.25) is 0 Å². The van der Waals surface area contributed by atoms with Gasteiger partial charge in [0.1, 0.15) is 0 Å². The lowest BCUT2D eigenvalue weighted by atomic mass is 10.1. The second-order valence-electron chi connectivity index (χ2n) is 3.15. The molecule has 0 saturated heterocycles. The smallest absolute Gasteiger partial charge is 0.201 e. The first-order valence-electron chi connectivity index (χ1n) is 4.08. The van der Waals surface area contributed by atoms with Crippen molar-refractivity contribution >= 4 is 23.2 Å². The Morgan fingerprint density at radius 1 is 0.706 bits per heavy atom. The highest BCUT2D eigenvalue weighted by atomic mass is 35.5. The Morgan fingerprint density at radius 3 is 1.35 bits per heavy atom. The van der Waals surface area contributed by atoms with Crippen molar-refractivity contribution in [2.75, 3.05) is 0 Å². The van der Waals surface area contributed by atoms with E-state index in [1.807, 2.05) is 0 Å². The highest BCUT2D eigenvalue weighted by molar-refractivity contribution is 6.47. The molecule has 17 heavy (non-hydrogen) atoms. The normalized spacial score (nSPS) is 13.9. The van der Waals surface area contributed by atoms with Crippen molar-refractivity contribution in [2.24, 2.45) is 0 Å². The molecular formula is C9H4Cl2F6. The number of rotatable bonds is 2. The first kappa shape index (κ1) is 14.4. The Hall–Kier alpha value is -0.620. The summed E-state index contributed by atoms with van der Waals surface area (Å²) in [7, 11) is 0. The fraction of sp³-hybridized carbons (Fsp3) is 0.333. The summed E-state index contributed by atoms with van der Waals surface area (Å²) >= 11 is 9.23. The van der Waals surface area contributed by atoms with Gasteiger partial charge in [-0.05, 0) is 12.1 Å². The third-order valence-electron chi connectivity index (χ3n) is 1.93. The summed E-state index contributed by atoms with van der Waals surface area (Å²) in [4.78, 5) is 0. The summed E-state index contributed by atoms with van der Waals surface area (Å²) in [5, 5.41) is 0. The fourth-order valence-electron chi connectivity index (χ4n) is 1.03. The average Bonchev–Trinajstić information content (AvgIpc) is 2.15. The molecule has 0 nitrogen and oxygen atoms in total. The lowest BCUT2D eigenvalue weighted by molar-refractivity contribution is -0.137. The van der Waals surface area contributed by atoms with Gasteiger partial charge in [-0.15, -0.1) is 0 Å². The zero-order valence-electron chi connectivity index (χ0n) is 7.83. The van der Waals surface area contributed by atoms with E-state index < -0.39 is 27.8 Å². The highest BCUT2D eigenvalue weighted by Crippen LogP contribution is 2.47. The Morgan fingerprint density at radius 2 is 1.06 bits per heavy atom. The minimum absolute atomic E-state index is 0.392. The summed E-state index contributed by atoms with van der Waals surface area (Å²) in [6.45, 7) is 0. The van der Waals surface area contributed by atoms with Gasteiger partial charge in [-0.1, -0.05) is 35.3 Å². The van der Waals surface area contributed by atoms with Crippen LogP contribution in [0.4, 0.5) is 26.3 Å². The maximum absolute atomic E-state index is 13.2. The molecule has 0 heterocycles. The maximum Gasteiger partial charge on any atom is 0.416 e. The molecule has 0 aromatic heterocycles. The van der Waals surface area contributed by atoms with Crippen molar-refractivity contribution in [1.29, 1.82) is 0 Å². The maximum atomic E-state index is 13.2. The van der Waals surface area contributed by atoms with Crippen LogP contribution in [0.3, 0.4) is 0 Å². The molecular weight excluding hydrogens is 293 g/mol. The predicted octanol–water partition coefficient (Wildman–Crippen LogP) is 4.90. The van der Waals surface area contributed by atoms with Crippen LogP contribution < -0.4 is 0 Å². The van der Waals surface area contributed by atoms with Crippen molar-refractivity contribution in [1.82, 2.24) is 0 Å². The molecule has 0 N–H and O–H groups in total. The van der Waals surface area contributed by atoms with Crippen LogP contribution >= 0.6 is 23.2 Å². The highest BCUT2D eigenvalue weighted by Gasteiger charge is 2.54. The number of benzene rings is 1. The van der Waals surface area contributed by atoms with Gasteiger partial charge in [-0.2, -0.15) is 22.0 Å². The molecule has 0 atom stereocenters. The Labute approximate surface area is 102 Å². The minimum atomic E-state index is -4.66. The molecule has 1 aromatic rings. The SMILES string of the molecule is FC(F)(F)c1ccc(C(F)(F)C(F)(Cl)Cl)cc1. The Balaban J connectivity index is 3.12. The van der Waals surface area contributed by atoms with Gasteiger partial charge in [-0.3, -0.25) is 0 Å². The topological polar surface area (TPSA) is 0 Å². The van der Waals surface area contributed by atoms with Gasteiger partial charge in [0.05, 0.1) is 5.56 Å². The zero-order chi connectivity index (χ0) is 13.5. The van der Waals surface area contributed by atoms with Gasteiger partial charge >= 0.3 is 16.7 Å². The Kier molecular flexibility index (Phi) is 3.60. The van der Waals surface area contributed by atoms with Crippen LogP contribution in [0.1, 0.15) is 11.1 Å². The molecule has 0 saturated carbocycles. The average molecular weight is 297 g/mol. The van der Waals surface area contributed by atoms with E-state index in [0.717, 1.165) is 0 Å². The predicted molar refractivity (Wildman–Crippen MR) is 50.9 cm³/mol. The van der Waals surface area contributed by atoms with Gasteiger partial charge in [0.15, 0.2) is 0 Å². The molecule has 0 spiro atoms. The molecule has 0 fully saturated rings. The van der Waals surface area contributed by atoms with Crippen molar-refractivity contribution in [3.8, 4) is 0 Å². The third kappa shape index (κ3) is 2.98. The first-order chi connectivity index (χ1) is 7.46. The molecule has 0 aliphatic rings. The molecule has 96 valence electrons. The molecule has 1 rings (SSSR count). The van der Waals surface area contributed by atoms with E-state index >= 15 is 0 Å². The first-order valence-corrected chi connectivity index (χ1v) is 4.84. The van der Waals surface area contributed by atoms with E-state index in [0.29, 0.717) is 24.3 Å². The minimum Gasteiger partial charge on any atom is -0.201 e. The van der Waals surface area contributed by atoms with Crippen LogP contribution in [0.25, 0.3) is 0 Å². The van der Waals surface area contributed by atoms with Gasteiger partial charge in [0.2, 0.25) is 0 Å². The van der Waals surface area contributed by atoms with Crippen LogP contribution in [-0.2, 0) is 12.1 Å². The summed E-state index contributed by atoms with van der Waals surface area (Å²) in [6.07, 6.45) is -4.66. The van der Waals surface area contributed by atoms with Crippen molar-refractivity contribution in [3.05, 3.63) is 35.4 Å². The van der Waals surface area contributed by atoms with E-state index in [9.17, 15) is 26.3 Å². The van der Waals surface area contributed by atoms with Gasteiger partial charge < -0.3 is 0 Å². The van der Waals surface area contributed by atoms with E-state index in [1.54, 1.807) is 0 Å². The quantitative estimate of drug-likeness (QED) is 0.538. The van der Waals surface area contributed by atoms with Gasteiger partial charge in [0.25, 0.3) is 0 Å². The second kappa shape index (κ2) is 4.24. The molecule has 0 amide bonds. The lowest BCUT2D eigenvalue weighted by Crippen LogP contribution is -2.31. The Bertz CT molecular complexity index is 389. The van der Waals surface area contributed by atoms with Crippen LogP contribution in [0, 0.1) is 0 Å². The van der Waals surface area contributed by atoms with E-state index in [4.69, 9.17) is 0 Å².